The lowest BCUT2D eigenvalue weighted by atomic mass is 10.0. The largest absolute Gasteiger partial charge is 0.390 e. The standard InChI is InChI=1S/C20H28N8O/c1-13(17-4-6-22-19(17)23-12-21)27(3)16-8-14-10-28(11-15(14)9-16)20(29)24-18-5-7-26(2)25-18/h4-7,12,14-16,22H,1,8-11H2,2-3H3,(H2,21,23)(H,24,25,29)/t14-,15?,16?/m1/s1. The lowest BCUT2D eigenvalue weighted by molar-refractivity contribution is 0.215. The highest BCUT2D eigenvalue weighted by Gasteiger charge is 2.43. The molecule has 0 bridgehead atoms. The van der Waals surface area contributed by atoms with Crippen molar-refractivity contribution < 1.29 is 4.79 Å². The number of carbonyl (C=O) groups excluding carboxylic acids is 1. The van der Waals surface area contributed by atoms with Gasteiger partial charge in [-0.25, -0.2) is 9.79 Å². The molecule has 2 aromatic rings. The summed E-state index contributed by atoms with van der Waals surface area (Å²) in [5, 5.41) is 7.10. The maximum Gasteiger partial charge on any atom is 0.323 e. The summed E-state index contributed by atoms with van der Waals surface area (Å²) in [6.45, 7) is 5.85. The van der Waals surface area contributed by atoms with E-state index in [4.69, 9.17) is 5.73 Å². The number of aromatic amines is 1. The molecule has 9 heteroatoms. The Kier molecular flexibility index (Phi) is 5.04. The van der Waals surface area contributed by atoms with Gasteiger partial charge in [-0.1, -0.05) is 6.58 Å². The van der Waals surface area contributed by atoms with Crippen LogP contribution in [0.4, 0.5) is 16.4 Å². The van der Waals surface area contributed by atoms with E-state index in [0.29, 0.717) is 23.7 Å². The fraction of sp³-hybridized carbons (Fsp3) is 0.450. The smallest absolute Gasteiger partial charge is 0.323 e. The molecule has 0 radical (unpaired) electrons. The number of nitrogens with zero attached hydrogens (tertiary/aromatic N) is 5. The van der Waals surface area contributed by atoms with E-state index in [2.05, 4.69) is 38.9 Å². The molecule has 1 saturated carbocycles. The second-order valence-electron chi connectivity index (χ2n) is 7.93. The maximum absolute atomic E-state index is 12.5. The van der Waals surface area contributed by atoms with Gasteiger partial charge >= 0.3 is 6.03 Å². The molecule has 3 atom stereocenters. The minimum Gasteiger partial charge on any atom is -0.390 e. The van der Waals surface area contributed by atoms with Gasteiger partial charge in [0.2, 0.25) is 0 Å². The van der Waals surface area contributed by atoms with Gasteiger partial charge in [0, 0.05) is 62.9 Å². The van der Waals surface area contributed by atoms with Crippen LogP contribution in [-0.2, 0) is 7.05 Å². The van der Waals surface area contributed by atoms with E-state index in [1.54, 1.807) is 10.7 Å². The SMILES string of the molecule is C=C(c1cc[nH]c1N=CN)N(C)C1CC2CN(C(=O)Nc3ccn(C)n3)C[C@H]2C1. The lowest BCUT2D eigenvalue weighted by Crippen LogP contribution is -2.36. The summed E-state index contributed by atoms with van der Waals surface area (Å²) in [6.07, 6.45) is 7.04. The molecule has 154 valence electrons. The number of amides is 2. The zero-order valence-corrected chi connectivity index (χ0v) is 16.9. The summed E-state index contributed by atoms with van der Waals surface area (Å²) in [7, 11) is 3.92. The van der Waals surface area contributed by atoms with Crippen molar-refractivity contribution in [3.63, 3.8) is 0 Å². The zero-order valence-electron chi connectivity index (χ0n) is 16.9. The Balaban J connectivity index is 1.34. The van der Waals surface area contributed by atoms with Crippen LogP contribution in [0.1, 0.15) is 18.4 Å². The molecule has 3 heterocycles. The minimum atomic E-state index is -0.0657. The Morgan fingerprint density at radius 2 is 2.14 bits per heavy atom. The third-order valence-electron chi connectivity index (χ3n) is 6.18. The molecule has 0 spiro atoms. The van der Waals surface area contributed by atoms with Crippen LogP contribution >= 0.6 is 0 Å². The minimum absolute atomic E-state index is 0.0657. The highest BCUT2D eigenvalue weighted by molar-refractivity contribution is 5.88. The van der Waals surface area contributed by atoms with Crippen molar-refractivity contribution in [3.05, 3.63) is 36.7 Å². The van der Waals surface area contributed by atoms with Gasteiger partial charge in [0.05, 0.1) is 6.34 Å². The summed E-state index contributed by atoms with van der Waals surface area (Å²) < 4.78 is 1.68. The summed E-state index contributed by atoms with van der Waals surface area (Å²) in [4.78, 5) is 24.0. The molecule has 1 aliphatic carbocycles. The highest BCUT2D eigenvalue weighted by Crippen LogP contribution is 2.42. The Bertz CT molecular complexity index is 915. The van der Waals surface area contributed by atoms with Crippen LogP contribution < -0.4 is 11.1 Å². The molecule has 1 saturated heterocycles. The first-order valence-electron chi connectivity index (χ1n) is 9.85. The fourth-order valence-electron chi connectivity index (χ4n) is 4.61. The Hall–Kier alpha value is -3.23. The van der Waals surface area contributed by atoms with Crippen LogP contribution in [0.5, 0.6) is 0 Å². The first-order valence-corrected chi connectivity index (χ1v) is 9.85. The van der Waals surface area contributed by atoms with Crippen LogP contribution in [0.2, 0.25) is 0 Å². The number of aromatic nitrogens is 3. The van der Waals surface area contributed by atoms with E-state index in [-0.39, 0.29) is 6.03 Å². The molecule has 2 aliphatic rings. The molecule has 2 amide bonds. The number of likely N-dealkylation sites (tertiary alicyclic amines) is 1. The first kappa shape index (κ1) is 19.1. The van der Waals surface area contributed by atoms with E-state index in [1.165, 1.54) is 6.34 Å². The van der Waals surface area contributed by atoms with E-state index < -0.39 is 0 Å². The average molecular weight is 396 g/mol. The number of nitrogens with one attached hydrogen (secondary N) is 2. The van der Waals surface area contributed by atoms with Crippen LogP contribution in [0.25, 0.3) is 5.70 Å². The normalized spacial score (nSPS) is 23.5. The summed E-state index contributed by atoms with van der Waals surface area (Å²) >= 11 is 0. The number of fused-ring (bicyclic) bond motifs is 1. The number of carbonyl (C=O) groups is 1. The number of nitrogens with two attached hydrogens (primary N) is 1. The monoisotopic (exact) mass is 396 g/mol. The quantitative estimate of drug-likeness (QED) is 0.532. The molecule has 29 heavy (non-hydrogen) atoms. The number of urea groups is 1. The summed E-state index contributed by atoms with van der Waals surface area (Å²) in [6, 6.07) is 4.11. The lowest BCUT2D eigenvalue weighted by Gasteiger charge is -2.30. The zero-order chi connectivity index (χ0) is 20.5. The van der Waals surface area contributed by atoms with Gasteiger partial charge in [0.25, 0.3) is 0 Å². The Morgan fingerprint density at radius 3 is 2.76 bits per heavy atom. The van der Waals surface area contributed by atoms with E-state index >= 15 is 0 Å². The van der Waals surface area contributed by atoms with Crippen LogP contribution in [-0.4, -0.2) is 63.1 Å². The predicted molar refractivity (Wildman–Crippen MR) is 114 cm³/mol. The van der Waals surface area contributed by atoms with E-state index in [9.17, 15) is 4.79 Å². The van der Waals surface area contributed by atoms with Crippen LogP contribution in [0.15, 0.2) is 36.1 Å². The number of hydrogen-bond donors (Lipinski definition) is 3. The molecular weight excluding hydrogens is 368 g/mol. The van der Waals surface area contributed by atoms with Gasteiger partial charge in [-0.15, -0.1) is 0 Å². The fourth-order valence-corrected chi connectivity index (χ4v) is 4.61. The Labute approximate surface area is 170 Å². The van der Waals surface area contributed by atoms with Crippen molar-refractivity contribution in [1.82, 2.24) is 24.6 Å². The molecule has 1 aliphatic heterocycles. The molecule has 2 unspecified atom stereocenters. The third-order valence-corrected chi connectivity index (χ3v) is 6.18. The topological polar surface area (TPSA) is 108 Å². The predicted octanol–water partition coefficient (Wildman–Crippen LogP) is 2.21. The van der Waals surface area contributed by atoms with Gasteiger partial charge in [-0.05, 0) is 30.7 Å². The molecule has 9 nitrogen and oxygen atoms in total. The molecule has 2 fully saturated rings. The number of anilines is 1. The van der Waals surface area contributed by atoms with E-state index in [1.807, 2.05) is 30.4 Å². The van der Waals surface area contributed by atoms with Crippen molar-refractivity contribution in [3.8, 4) is 0 Å². The van der Waals surface area contributed by atoms with Gasteiger partial charge < -0.3 is 20.5 Å². The van der Waals surface area contributed by atoms with Gasteiger partial charge in [0.1, 0.15) is 5.82 Å². The van der Waals surface area contributed by atoms with Gasteiger partial charge in [-0.2, -0.15) is 5.10 Å². The summed E-state index contributed by atoms with van der Waals surface area (Å²) in [5.74, 6) is 2.33. The molecule has 4 rings (SSSR count). The number of H-pyrrole nitrogens is 1. The van der Waals surface area contributed by atoms with Crippen LogP contribution in [0, 0.1) is 11.8 Å². The van der Waals surface area contributed by atoms with Crippen molar-refractivity contribution in [1.29, 1.82) is 0 Å². The highest BCUT2D eigenvalue weighted by atomic mass is 16.2. The second-order valence-corrected chi connectivity index (χ2v) is 7.93. The molecular formula is C20H28N8O. The number of rotatable bonds is 5. The maximum atomic E-state index is 12.5. The van der Waals surface area contributed by atoms with Crippen LogP contribution in [0.3, 0.4) is 0 Å². The number of aliphatic imine (C=N–C) groups is 1. The van der Waals surface area contributed by atoms with E-state index in [0.717, 1.165) is 43.0 Å². The van der Waals surface area contributed by atoms with Crippen molar-refractivity contribution in [2.45, 2.75) is 18.9 Å². The van der Waals surface area contributed by atoms with Crippen molar-refractivity contribution in [2.75, 3.05) is 25.5 Å². The Morgan fingerprint density at radius 1 is 1.41 bits per heavy atom. The van der Waals surface area contributed by atoms with Gasteiger partial charge in [-0.3, -0.25) is 10.00 Å². The second kappa shape index (κ2) is 7.65. The molecule has 2 aromatic heterocycles. The first-order chi connectivity index (χ1) is 14.0. The molecule has 4 N–H and O–H groups in total. The number of hydrogen-bond acceptors (Lipinski definition) is 4. The number of aryl methyl sites for hydroxylation is 1. The average Bonchev–Trinajstić information content (AvgIpc) is 3.44. The molecule has 0 aromatic carbocycles. The summed E-state index contributed by atoms with van der Waals surface area (Å²) in [5.41, 5.74) is 7.33. The van der Waals surface area contributed by atoms with Crippen molar-refractivity contribution in [2.24, 2.45) is 29.6 Å². The third kappa shape index (κ3) is 3.72. The van der Waals surface area contributed by atoms with Gasteiger partial charge in [0.15, 0.2) is 5.82 Å². The van der Waals surface area contributed by atoms with Crippen molar-refractivity contribution >= 4 is 29.7 Å².